The van der Waals surface area contributed by atoms with Crippen LogP contribution in [0, 0.1) is 10.1 Å². The fourth-order valence-corrected chi connectivity index (χ4v) is 2.29. The second kappa shape index (κ2) is 3.69. The number of aromatic nitrogens is 2. The van der Waals surface area contributed by atoms with E-state index in [1.165, 1.54) is 11.8 Å². The van der Waals surface area contributed by atoms with E-state index in [0.717, 1.165) is 30.5 Å². The highest BCUT2D eigenvalue weighted by molar-refractivity contribution is 5.68. The molecule has 0 fully saturated rings. The summed E-state index contributed by atoms with van der Waals surface area (Å²) < 4.78 is 1.98. The van der Waals surface area contributed by atoms with Crippen molar-refractivity contribution in [3.05, 3.63) is 46.3 Å². The molecule has 0 unspecified atom stereocenters. The van der Waals surface area contributed by atoms with Crippen LogP contribution in [0.4, 0.5) is 5.69 Å². The van der Waals surface area contributed by atoms with Crippen LogP contribution >= 0.6 is 0 Å². The minimum Gasteiger partial charge on any atom is -0.269 e. The first-order valence-electron chi connectivity index (χ1n) is 5.55. The molecule has 0 aliphatic carbocycles. The Hall–Kier alpha value is -2.17. The van der Waals surface area contributed by atoms with E-state index in [4.69, 9.17) is 0 Å². The highest BCUT2D eigenvalue weighted by Crippen LogP contribution is 2.30. The molecule has 0 N–H and O–H groups in total. The van der Waals surface area contributed by atoms with E-state index in [0.29, 0.717) is 0 Å². The van der Waals surface area contributed by atoms with Crippen molar-refractivity contribution in [2.75, 3.05) is 0 Å². The molecule has 1 aliphatic rings. The lowest BCUT2D eigenvalue weighted by atomic mass is 10.0. The maximum Gasteiger partial charge on any atom is 0.270 e. The zero-order valence-electron chi connectivity index (χ0n) is 9.17. The Bertz CT molecular complexity index is 589. The highest BCUT2D eigenvalue weighted by Gasteiger charge is 2.18. The number of hydrogen-bond donors (Lipinski definition) is 0. The molecule has 0 radical (unpaired) electrons. The normalized spacial score (nSPS) is 13.6. The van der Waals surface area contributed by atoms with Crippen LogP contribution in [0.2, 0.25) is 0 Å². The van der Waals surface area contributed by atoms with E-state index in [-0.39, 0.29) is 10.6 Å². The summed E-state index contributed by atoms with van der Waals surface area (Å²) in [6.07, 6.45) is 3.90. The lowest BCUT2D eigenvalue weighted by molar-refractivity contribution is -0.384. The Balaban J connectivity index is 2.09. The topological polar surface area (TPSA) is 61.0 Å². The lowest BCUT2D eigenvalue weighted by Crippen LogP contribution is -1.93. The molecule has 86 valence electrons. The molecule has 1 aromatic carbocycles. The smallest absolute Gasteiger partial charge is 0.269 e. The first kappa shape index (κ1) is 10.0. The van der Waals surface area contributed by atoms with Gasteiger partial charge in [-0.2, -0.15) is 5.10 Å². The first-order chi connectivity index (χ1) is 8.25. The van der Waals surface area contributed by atoms with E-state index in [2.05, 4.69) is 5.10 Å². The van der Waals surface area contributed by atoms with Crippen molar-refractivity contribution in [1.29, 1.82) is 0 Å². The van der Waals surface area contributed by atoms with E-state index >= 15 is 0 Å². The number of non-ortho nitro benzene ring substituents is 1. The zero-order chi connectivity index (χ0) is 11.8. The Morgan fingerprint density at radius 3 is 3.12 bits per heavy atom. The number of nitrogens with zero attached hydrogens (tertiary/aromatic N) is 3. The van der Waals surface area contributed by atoms with Crippen molar-refractivity contribution >= 4 is 5.69 Å². The van der Waals surface area contributed by atoms with Crippen LogP contribution in [0.15, 0.2) is 30.5 Å². The predicted octanol–water partition coefficient (Wildman–Crippen LogP) is 2.40. The molecule has 0 saturated carbocycles. The second-order valence-corrected chi connectivity index (χ2v) is 4.14. The average molecular weight is 229 g/mol. The van der Waals surface area contributed by atoms with Crippen LogP contribution in [-0.4, -0.2) is 14.7 Å². The minimum absolute atomic E-state index is 0.125. The van der Waals surface area contributed by atoms with Crippen molar-refractivity contribution in [2.45, 2.75) is 19.4 Å². The molecule has 2 aromatic rings. The van der Waals surface area contributed by atoms with E-state index in [9.17, 15) is 10.1 Å². The van der Waals surface area contributed by atoms with Crippen LogP contribution in [0.3, 0.4) is 0 Å². The second-order valence-electron chi connectivity index (χ2n) is 4.14. The van der Waals surface area contributed by atoms with Gasteiger partial charge in [0, 0.05) is 29.9 Å². The van der Waals surface area contributed by atoms with Crippen LogP contribution in [0.5, 0.6) is 0 Å². The summed E-state index contributed by atoms with van der Waals surface area (Å²) in [6, 6.07) is 6.72. The van der Waals surface area contributed by atoms with Crippen molar-refractivity contribution < 1.29 is 4.92 Å². The van der Waals surface area contributed by atoms with Crippen LogP contribution in [-0.2, 0) is 13.0 Å². The number of nitro benzene ring substituents is 1. The number of rotatable bonds is 2. The Kier molecular flexibility index (Phi) is 2.18. The van der Waals surface area contributed by atoms with Gasteiger partial charge in [-0.1, -0.05) is 12.1 Å². The molecule has 0 bridgehead atoms. The third-order valence-corrected chi connectivity index (χ3v) is 3.10. The molecular weight excluding hydrogens is 218 g/mol. The van der Waals surface area contributed by atoms with Gasteiger partial charge in [-0.05, 0) is 18.4 Å². The quantitative estimate of drug-likeness (QED) is 0.586. The average Bonchev–Trinajstić information content (AvgIpc) is 2.90. The highest BCUT2D eigenvalue weighted by atomic mass is 16.6. The van der Waals surface area contributed by atoms with Gasteiger partial charge in [0.15, 0.2) is 0 Å². The van der Waals surface area contributed by atoms with Gasteiger partial charge in [-0.15, -0.1) is 0 Å². The van der Waals surface area contributed by atoms with E-state index < -0.39 is 0 Å². The van der Waals surface area contributed by atoms with Crippen molar-refractivity contribution in [2.24, 2.45) is 0 Å². The monoisotopic (exact) mass is 229 g/mol. The third kappa shape index (κ3) is 1.60. The minimum atomic E-state index is -0.368. The third-order valence-electron chi connectivity index (χ3n) is 3.10. The van der Waals surface area contributed by atoms with Crippen molar-refractivity contribution in [3.8, 4) is 11.1 Å². The van der Waals surface area contributed by atoms with Crippen molar-refractivity contribution in [3.63, 3.8) is 0 Å². The van der Waals surface area contributed by atoms with Crippen LogP contribution in [0.1, 0.15) is 12.1 Å². The molecule has 5 nitrogen and oxygen atoms in total. The van der Waals surface area contributed by atoms with Gasteiger partial charge in [0.1, 0.15) is 0 Å². The number of fused-ring (bicyclic) bond motifs is 1. The fourth-order valence-electron chi connectivity index (χ4n) is 2.29. The summed E-state index contributed by atoms with van der Waals surface area (Å²) in [5.74, 6) is 0. The lowest BCUT2D eigenvalue weighted by Gasteiger charge is -2.00. The number of nitro groups is 1. The first-order valence-corrected chi connectivity index (χ1v) is 5.55. The fraction of sp³-hybridized carbons (Fsp3) is 0.250. The van der Waals surface area contributed by atoms with Gasteiger partial charge in [-0.3, -0.25) is 14.8 Å². The summed E-state index contributed by atoms with van der Waals surface area (Å²) in [5, 5.41) is 15.0. The molecule has 0 atom stereocenters. The summed E-state index contributed by atoms with van der Waals surface area (Å²) >= 11 is 0. The molecule has 0 spiro atoms. The largest absolute Gasteiger partial charge is 0.270 e. The van der Waals surface area contributed by atoms with E-state index in [1.54, 1.807) is 18.3 Å². The molecule has 0 amide bonds. The maximum atomic E-state index is 10.7. The van der Waals surface area contributed by atoms with Gasteiger partial charge in [-0.25, -0.2) is 0 Å². The Morgan fingerprint density at radius 1 is 1.41 bits per heavy atom. The Labute approximate surface area is 97.8 Å². The van der Waals surface area contributed by atoms with Gasteiger partial charge in [0.05, 0.1) is 11.1 Å². The molecule has 3 rings (SSSR count). The zero-order valence-corrected chi connectivity index (χ0v) is 9.17. The molecule has 5 heteroatoms. The maximum absolute atomic E-state index is 10.7. The molecule has 1 aromatic heterocycles. The number of aryl methyl sites for hydroxylation is 1. The Morgan fingerprint density at radius 2 is 2.29 bits per heavy atom. The number of hydrogen-bond acceptors (Lipinski definition) is 3. The summed E-state index contributed by atoms with van der Waals surface area (Å²) in [6.45, 7) is 0.949. The summed E-state index contributed by atoms with van der Waals surface area (Å²) in [5.41, 5.74) is 3.21. The molecular formula is C12H11N3O2. The van der Waals surface area contributed by atoms with Crippen LogP contribution in [0.25, 0.3) is 11.1 Å². The van der Waals surface area contributed by atoms with Gasteiger partial charge >= 0.3 is 0 Å². The summed E-state index contributed by atoms with van der Waals surface area (Å²) in [7, 11) is 0. The van der Waals surface area contributed by atoms with Gasteiger partial charge in [0.25, 0.3) is 5.69 Å². The molecule has 0 saturated heterocycles. The summed E-state index contributed by atoms with van der Waals surface area (Å²) in [4.78, 5) is 10.4. The van der Waals surface area contributed by atoms with Gasteiger partial charge < -0.3 is 0 Å². The number of benzene rings is 1. The predicted molar refractivity (Wildman–Crippen MR) is 62.6 cm³/mol. The van der Waals surface area contributed by atoms with Crippen LogP contribution < -0.4 is 0 Å². The van der Waals surface area contributed by atoms with Gasteiger partial charge in [0.2, 0.25) is 0 Å². The van der Waals surface area contributed by atoms with Crippen molar-refractivity contribution in [1.82, 2.24) is 9.78 Å². The standard InChI is InChI=1S/C12H11N3O2/c16-15(17)10-4-1-3-9(7-10)11-8-13-14-6-2-5-12(11)14/h1,3-4,7-8H,2,5-6H2. The molecule has 17 heavy (non-hydrogen) atoms. The SMILES string of the molecule is O=[N+]([O-])c1cccc(-c2cnn3c2CCC3)c1. The molecule has 1 aliphatic heterocycles. The van der Waals surface area contributed by atoms with E-state index in [1.807, 2.05) is 10.7 Å². The molecule has 2 heterocycles.